The maximum absolute atomic E-state index is 12.3. The fourth-order valence-electron chi connectivity index (χ4n) is 2.83. The van der Waals surface area contributed by atoms with Crippen LogP contribution in [-0.2, 0) is 11.2 Å². The Balaban J connectivity index is 1.82. The lowest BCUT2D eigenvalue weighted by Gasteiger charge is -2.35. The summed E-state index contributed by atoms with van der Waals surface area (Å²) in [5, 5.41) is 8.87. The quantitative estimate of drug-likeness (QED) is 0.902. The first-order chi connectivity index (χ1) is 10.5. The van der Waals surface area contributed by atoms with E-state index in [1.807, 2.05) is 11.9 Å². The van der Waals surface area contributed by atoms with Crippen LogP contribution in [0.1, 0.15) is 35.2 Å². The zero-order chi connectivity index (χ0) is 16.1. The van der Waals surface area contributed by atoms with Gasteiger partial charge < -0.3 is 14.9 Å². The summed E-state index contributed by atoms with van der Waals surface area (Å²) < 4.78 is 0. The van der Waals surface area contributed by atoms with E-state index in [9.17, 15) is 9.59 Å². The molecule has 0 atom stereocenters. The minimum atomic E-state index is -0.926. The van der Waals surface area contributed by atoms with Crippen molar-refractivity contribution in [2.45, 2.75) is 31.7 Å². The van der Waals surface area contributed by atoms with Crippen molar-refractivity contribution >= 4 is 11.9 Å². The van der Waals surface area contributed by atoms with Gasteiger partial charge in [-0.25, -0.2) is 4.79 Å². The number of carbonyl (C=O) groups is 2. The highest BCUT2D eigenvalue weighted by Crippen LogP contribution is 2.16. The Morgan fingerprint density at radius 1 is 1.23 bits per heavy atom. The van der Waals surface area contributed by atoms with Crippen molar-refractivity contribution < 1.29 is 14.7 Å². The van der Waals surface area contributed by atoms with Crippen molar-refractivity contribution in [1.29, 1.82) is 0 Å². The summed E-state index contributed by atoms with van der Waals surface area (Å²) in [4.78, 5) is 27.3. The van der Waals surface area contributed by atoms with E-state index in [1.165, 1.54) is 0 Å². The Labute approximate surface area is 131 Å². The van der Waals surface area contributed by atoms with Crippen LogP contribution in [0.15, 0.2) is 24.3 Å². The van der Waals surface area contributed by atoms with Gasteiger partial charge in [-0.1, -0.05) is 12.1 Å². The lowest BCUT2D eigenvalue weighted by atomic mass is 10.0. The molecule has 1 aromatic carbocycles. The average molecular weight is 304 g/mol. The number of rotatable bonds is 5. The van der Waals surface area contributed by atoms with Crippen molar-refractivity contribution in [2.75, 3.05) is 27.2 Å². The maximum Gasteiger partial charge on any atom is 0.335 e. The molecule has 0 aromatic heterocycles. The van der Waals surface area contributed by atoms with Crippen molar-refractivity contribution in [1.82, 2.24) is 9.80 Å². The number of amides is 1. The summed E-state index contributed by atoms with van der Waals surface area (Å²) in [5.41, 5.74) is 1.27. The monoisotopic (exact) mass is 304 g/mol. The molecule has 0 aliphatic carbocycles. The molecule has 5 nitrogen and oxygen atoms in total. The predicted octanol–water partition coefficient (Wildman–Crippen LogP) is 1.87. The first-order valence-electron chi connectivity index (χ1n) is 7.74. The average Bonchev–Trinajstić information content (AvgIpc) is 2.53. The maximum atomic E-state index is 12.3. The molecule has 22 heavy (non-hydrogen) atoms. The zero-order valence-corrected chi connectivity index (χ0v) is 13.3. The molecule has 2 rings (SSSR count). The Morgan fingerprint density at radius 3 is 2.36 bits per heavy atom. The molecule has 1 N–H and O–H groups in total. The molecule has 1 heterocycles. The van der Waals surface area contributed by atoms with Gasteiger partial charge in [-0.15, -0.1) is 0 Å². The van der Waals surface area contributed by atoms with E-state index in [-0.39, 0.29) is 11.5 Å². The van der Waals surface area contributed by atoms with Crippen LogP contribution in [-0.4, -0.2) is 60.0 Å². The van der Waals surface area contributed by atoms with Crippen molar-refractivity contribution in [2.24, 2.45) is 0 Å². The predicted molar refractivity (Wildman–Crippen MR) is 85.0 cm³/mol. The topological polar surface area (TPSA) is 60.9 Å². The fraction of sp³-hybridized carbons (Fsp3) is 0.529. The van der Waals surface area contributed by atoms with E-state index in [4.69, 9.17) is 5.11 Å². The highest BCUT2D eigenvalue weighted by atomic mass is 16.4. The second-order valence-electron chi connectivity index (χ2n) is 6.04. The van der Waals surface area contributed by atoms with Crippen LogP contribution in [0.2, 0.25) is 0 Å². The molecule has 1 aromatic rings. The van der Waals surface area contributed by atoms with Gasteiger partial charge in [0.25, 0.3) is 0 Å². The van der Waals surface area contributed by atoms with Gasteiger partial charge in [0.1, 0.15) is 0 Å². The lowest BCUT2D eigenvalue weighted by Crippen LogP contribution is -2.44. The number of aryl methyl sites for hydroxylation is 1. The molecule has 1 saturated heterocycles. The normalized spacial score (nSPS) is 16.5. The van der Waals surface area contributed by atoms with Crippen LogP contribution in [0, 0.1) is 0 Å². The van der Waals surface area contributed by atoms with Crippen LogP contribution in [0.25, 0.3) is 0 Å². The minimum absolute atomic E-state index is 0.164. The largest absolute Gasteiger partial charge is 0.478 e. The molecule has 1 fully saturated rings. The van der Waals surface area contributed by atoms with Gasteiger partial charge in [0, 0.05) is 19.5 Å². The third-order valence-electron chi connectivity index (χ3n) is 4.46. The first kappa shape index (κ1) is 16.5. The number of benzene rings is 1. The molecular weight excluding hydrogens is 280 g/mol. The molecule has 120 valence electrons. The number of hydrogen-bond donors (Lipinski definition) is 1. The third-order valence-corrected chi connectivity index (χ3v) is 4.46. The van der Waals surface area contributed by atoms with Gasteiger partial charge in [-0.3, -0.25) is 4.79 Å². The molecule has 5 heteroatoms. The summed E-state index contributed by atoms with van der Waals surface area (Å²) in [6, 6.07) is 7.09. The van der Waals surface area contributed by atoms with E-state index < -0.39 is 5.97 Å². The number of likely N-dealkylation sites (tertiary alicyclic amines) is 1. The van der Waals surface area contributed by atoms with Gasteiger partial charge in [-0.2, -0.15) is 0 Å². The molecular formula is C17H24N2O3. The Kier molecular flexibility index (Phi) is 5.55. The molecule has 0 bridgehead atoms. The SMILES string of the molecule is CN1CCC(N(C)C(=O)CCc2ccc(C(=O)O)cc2)CC1. The van der Waals surface area contributed by atoms with Crippen molar-refractivity contribution in [3.63, 3.8) is 0 Å². The highest BCUT2D eigenvalue weighted by molar-refractivity contribution is 5.87. The minimum Gasteiger partial charge on any atom is -0.478 e. The van der Waals surface area contributed by atoms with E-state index in [2.05, 4.69) is 11.9 Å². The second kappa shape index (κ2) is 7.40. The summed E-state index contributed by atoms with van der Waals surface area (Å²) in [6.45, 7) is 2.08. The van der Waals surface area contributed by atoms with Gasteiger partial charge >= 0.3 is 5.97 Å². The molecule has 0 unspecified atom stereocenters. The number of carbonyl (C=O) groups excluding carboxylic acids is 1. The van der Waals surface area contributed by atoms with E-state index >= 15 is 0 Å². The van der Waals surface area contributed by atoms with Gasteiger partial charge in [-0.05, 0) is 57.1 Å². The molecule has 1 amide bonds. The smallest absolute Gasteiger partial charge is 0.335 e. The van der Waals surface area contributed by atoms with E-state index in [1.54, 1.807) is 24.3 Å². The van der Waals surface area contributed by atoms with Crippen molar-refractivity contribution in [3.05, 3.63) is 35.4 Å². The number of nitrogens with zero attached hydrogens (tertiary/aromatic N) is 2. The van der Waals surface area contributed by atoms with Crippen LogP contribution >= 0.6 is 0 Å². The van der Waals surface area contributed by atoms with E-state index in [0.717, 1.165) is 31.5 Å². The fourth-order valence-corrected chi connectivity index (χ4v) is 2.83. The van der Waals surface area contributed by atoms with Crippen molar-refractivity contribution in [3.8, 4) is 0 Å². The number of piperidine rings is 1. The van der Waals surface area contributed by atoms with Crippen LogP contribution < -0.4 is 0 Å². The standard InChI is InChI=1S/C17H24N2O3/c1-18-11-9-15(10-12-18)19(2)16(20)8-5-13-3-6-14(7-4-13)17(21)22/h3-4,6-7,15H,5,8-12H2,1-2H3,(H,21,22). The lowest BCUT2D eigenvalue weighted by molar-refractivity contribution is -0.132. The number of aromatic carboxylic acids is 1. The summed E-state index contributed by atoms with van der Waals surface area (Å²) in [5.74, 6) is -0.763. The number of carboxylic acid groups (broad SMARTS) is 1. The summed E-state index contributed by atoms with van der Waals surface area (Å²) in [6.07, 6.45) is 3.18. The Morgan fingerprint density at radius 2 is 1.82 bits per heavy atom. The van der Waals surface area contributed by atoms with E-state index in [0.29, 0.717) is 18.9 Å². The summed E-state index contributed by atoms with van der Waals surface area (Å²) in [7, 11) is 4.00. The molecule has 0 spiro atoms. The summed E-state index contributed by atoms with van der Waals surface area (Å²) >= 11 is 0. The zero-order valence-electron chi connectivity index (χ0n) is 13.3. The van der Waals surface area contributed by atoms with Gasteiger partial charge in [0.2, 0.25) is 5.91 Å². The Hall–Kier alpha value is -1.88. The van der Waals surface area contributed by atoms with Gasteiger partial charge in [0.15, 0.2) is 0 Å². The van der Waals surface area contributed by atoms with Crippen LogP contribution in [0.4, 0.5) is 0 Å². The first-order valence-corrected chi connectivity index (χ1v) is 7.74. The van der Waals surface area contributed by atoms with Gasteiger partial charge in [0.05, 0.1) is 5.56 Å². The second-order valence-corrected chi connectivity index (χ2v) is 6.04. The molecule has 0 radical (unpaired) electrons. The van der Waals surface area contributed by atoms with Crippen LogP contribution in [0.3, 0.4) is 0 Å². The number of carboxylic acids is 1. The molecule has 1 aliphatic rings. The highest BCUT2D eigenvalue weighted by Gasteiger charge is 2.23. The van der Waals surface area contributed by atoms with Crippen LogP contribution in [0.5, 0.6) is 0 Å². The third kappa shape index (κ3) is 4.31. The Bertz CT molecular complexity index is 519. The number of hydrogen-bond acceptors (Lipinski definition) is 3. The molecule has 0 saturated carbocycles. The molecule has 1 aliphatic heterocycles.